The van der Waals surface area contributed by atoms with E-state index in [0.717, 1.165) is 0 Å². The molecule has 0 saturated heterocycles. The fraction of sp³-hybridized carbons (Fsp3) is 0.429. The van der Waals surface area contributed by atoms with Gasteiger partial charge in [-0.3, -0.25) is 4.79 Å². The number of halogens is 1. The van der Waals surface area contributed by atoms with E-state index in [-0.39, 0.29) is 29.2 Å². The van der Waals surface area contributed by atoms with Crippen LogP contribution < -0.4 is 5.32 Å². The average Bonchev–Trinajstić information content (AvgIpc) is 2.38. The van der Waals surface area contributed by atoms with Crippen LogP contribution in [0.25, 0.3) is 0 Å². The van der Waals surface area contributed by atoms with Crippen molar-refractivity contribution >= 4 is 23.5 Å². The Hall–Kier alpha value is -1.75. The molecule has 0 aliphatic rings. The first-order chi connectivity index (χ1) is 9.31. The van der Waals surface area contributed by atoms with Crippen LogP contribution in [0, 0.1) is 5.92 Å². The highest BCUT2D eigenvalue weighted by Gasteiger charge is 2.16. The molecule has 1 atom stereocenters. The second kappa shape index (κ2) is 7.14. The second-order valence-electron chi connectivity index (χ2n) is 4.84. The fourth-order valence-corrected chi connectivity index (χ4v) is 1.51. The Morgan fingerprint density at radius 1 is 1.35 bits per heavy atom. The number of aromatic hydroxyl groups is 1. The van der Waals surface area contributed by atoms with Crippen LogP contribution in [0.5, 0.6) is 5.75 Å². The van der Waals surface area contributed by atoms with Crippen molar-refractivity contribution in [1.82, 2.24) is 5.32 Å². The summed E-state index contributed by atoms with van der Waals surface area (Å²) >= 11 is 5.73. The van der Waals surface area contributed by atoms with Crippen molar-refractivity contribution in [3.05, 3.63) is 28.8 Å². The molecule has 1 aromatic rings. The van der Waals surface area contributed by atoms with Crippen molar-refractivity contribution in [2.24, 2.45) is 5.92 Å². The summed E-state index contributed by atoms with van der Waals surface area (Å²) in [7, 11) is 0. The summed E-state index contributed by atoms with van der Waals surface area (Å²) in [4.78, 5) is 23.3. The third-order valence-corrected chi connectivity index (χ3v) is 3.14. The number of amides is 1. The fourth-order valence-electron chi connectivity index (χ4n) is 1.34. The van der Waals surface area contributed by atoms with Crippen LogP contribution in [0.4, 0.5) is 0 Å². The minimum Gasteiger partial charge on any atom is -0.507 e. The Bertz CT molecular complexity index is 502. The van der Waals surface area contributed by atoms with E-state index < -0.39 is 12.6 Å². The summed E-state index contributed by atoms with van der Waals surface area (Å²) in [5.74, 6) is -1.14. The lowest BCUT2D eigenvalue weighted by Crippen LogP contribution is -2.38. The molecule has 0 bridgehead atoms. The van der Waals surface area contributed by atoms with Gasteiger partial charge in [0.25, 0.3) is 5.91 Å². The van der Waals surface area contributed by atoms with Gasteiger partial charge in [0.1, 0.15) is 11.3 Å². The van der Waals surface area contributed by atoms with E-state index >= 15 is 0 Å². The maximum absolute atomic E-state index is 11.7. The summed E-state index contributed by atoms with van der Waals surface area (Å²) in [6.45, 7) is 5.41. The maximum Gasteiger partial charge on any atom is 0.342 e. The first kappa shape index (κ1) is 16.3. The quantitative estimate of drug-likeness (QED) is 0.818. The van der Waals surface area contributed by atoms with Gasteiger partial charge in [0, 0.05) is 11.1 Å². The SMILES string of the molecule is CC(C)[C@@H](C)NC(=O)COC(=O)c1cc(Cl)ccc1O. The molecule has 110 valence electrons. The normalized spacial score (nSPS) is 12.1. The number of rotatable bonds is 5. The molecular formula is C14H18ClNO4. The zero-order valence-corrected chi connectivity index (χ0v) is 12.4. The Morgan fingerprint density at radius 2 is 2.00 bits per heavy atom. The van der Waals surface area contributed by atoms with E-state index in [1.54, 1.807) is 0 Å². The number of hydrogen-bond donors (Lipinski definition) is 2. The van der Waals surface area contributed by atoms with Crippen LogP contribution in [0.2, 0.25) is 5.02 Å². The number of benzene rings is 1. The minimum absolute atomic E-state index is 0.0132. The van der Waals surface area contributed by atoms with Crippen molar-refractivity contribution in [2.45, 2.75) is 26.8 Å². The zero-order chi connectivity index (χ0) is 15.3. The Morgan fingerprint density at radius 3 is 2.60 bits per heavy atom. The number of hydrogen-bond acceptors (Lipinski definition) is 4. The number of phenolic OH excluding ortho intramolecular Hbond substituents is 1. The van der Waals surface area contributed by atoms with E-state index in [9.17, 15) is 14.7 Å². The molecule has 0 unspecified atom stereocenters. The van der Waals surface area contributed by atoms with Crippen LogP contribution in [-0.2, 0) is 9.53 Å². The Balaban J connectivity index is 2.55. The molecule has 0 radical (unpaired) electrons. The van der Waals surface area contributed by atoms with Gasteiger partial charge in [0.05, 0.1) is 0 Å². The van der Waals surface area contributed by atoms with E-state index in [1.165, 1.54) is 18.2 Å². The predicted octanol–water partition coefficient (Wildman–Crippen LogP) is 2.36. The number of esters is 1. The van der Waals surface area contributed by atoms with E-state index in [0.29, 0.717) is 5.02 Å². The highest BCUT2D eigenvalue weighted by molar-refractivity contribution is 6.31. The monoisotopic (exact) mass is 299 g/mol. The van der Waals surface area contributed by atoms with Crippen molar-refractivity contribution in [3.63, 3.8) is 0 Å². The van der Waals surface area contributed by atoms with Gasteiger partial charge in [-0.25, -0.2) is 4.79 Å². The molecule has 5 nitrogen and oxygen atoms in total. The van der Waals surface area contributed by atoms with Crippen LogP contribution >= 0.6 is 11.6 Å². The number of ether oxygens (including phenoxy) is 1. The molecule has 0 spiro atoms. The third kappa shape index (κ3) is 4.74. The van der Waals surface area contributed by atoms with Crippen molar-refractivity contribution in [2.75, 3.05) is 6.61 Å². The molecule has 0 aliphatic heterocycles. The van der Waals surface area contributed by atoms with Gasteiger partial charge in [0.15, 0.2) is 6.61 Å². The van der Waals surface area contributed by atoms with Crippen LogP contribution in [0.15, 0.2) is 18.2 Å². The predicted molar refractivity (Wildman–Crippen MR) is 75.8 cm³/mol. The summed E-state index contributed by atoms with van der Waals surface area (Å²) in [5, 5.41) is 12.5. The first-order valence-electron chi connectivity index (χ1n) is 6.26. The summed E-state index contributed by atoms with van der Waals surface area (Å²) in [6, 6.07) is 4.01. The van der Waals surface area contributed by atoms with E-state index in [1.807, 2.05) is 20.8 Å². The van der Waals surface area contributed by atoms with Crippen LogP contribution in [-0.4, -0.2) is 29.6 Å². The smallest absolute Gasteiger partial charge is 0.342 e. The molecule has 1 rings (SSSR count). The number of carbonyl (C=O) groups is 2. The molecule has 6 heteroatoms. The Labute approximate surface area is 122 Å². The van der Waals surface area contributed by atoms with Gasteiger partial charge in [-0.05, 0) is 31.0 Å². The molecule has 20 heavy (non-hydrogen) atoms. The van der Waals surface area contributed by atoms with Gasteiger partial charge in [-0.15, -0.1) is 0 Å². The standard InChI is InChI=1S/C14H18ClNO4/c1-8(2)9(3)16-13(18)7-20-14(19)11-6-10(15)4-5-12(11)17/h4-6,8-9,17H,7H2,1-3H3,(H,16,18)/t9-/m1/s1. The largest absolute Gasteiger partial charge is 0.507 e. The van der Waals surface area contributed by atoms with Crippen molar-refractivity contribution in [3.8, 4) is 5.75 Å². The molecule has 0 aliphatic carbocycles. The van der Waals surface area contributed by atoms with Gasteiger partial charge in [-0.2, -0.15) is 0 Å². The molecule has 0 fully saturated rings. The Kier molecular flexibility index (Phi) is 5.82. The highest BCUT2D eigenvalue weighted by Crippen LogP contribution is 2.22. The first-order valence-corrected chi connectivity index (χ1v) is 6.64. The second-order valence-corrected chi connectivity index (χ2v) is 5.27. The lowest BCUT2D eigenvalue weighted by molar-refractivity contribution is -0.125. The molecule has 1 aromatic carbocycles. The summed E-state index contributed by atoms with van der Waals surface area (Å²) < 4.78 is 4.84. The molecule has 1 amide bonds. The molecular weight excluding hydrogens is 282 g/mol. The zero-order valence-electron chi connectivity index (χ0n) is 11.6. The molecule has 0 saturated carbocycles. The third-order valence-electron chi connectivity index (χ3n) is 2.90. The van der Waals surface area contributed by atoms with Crippen LogP contribution in [0.3, 0.4) is 0 Å². The number of nitrogens with one attached hydrogen (secondary N) is 1. The number of carbonyl (C=O) groups excluding carboxylic acids is 2. The highest BCUT2D eigenvalue weighted by atomic mass is 35.5. The maximum atomic E-state index is 11.7. The summed E-state index contributed by atoms with van der Waals surface area (Å²) in [5.41, 5.74) is -0.0674. The molecule has 2 N–H and O–H groups in total. The van der Waals surface area contributed by atoms with E-state index in [4.69, 9.17) is 16.3 Å². The molecule has 0 heterocycles. The number of phenols is 1. The van der Waals surface area contributed by atoms with Crippen molar-refractivity contribution < 1.29 is 19.4 Å². The van der Waals surface area contributed by atoms with Crippen molar-refractivity contribution in [1.29, 1.82) is 0 Å². The topological polar surface area (TPSA) is 75.6 Å². The van der Waals surface area contributed by atoms with Crippen LogP contribution in [0.1, 0.15) is 31.1 Å². The van der Waals surface area contributed by atoms with Gasteiger partial charge in [-0.1, -0.05) is 25.4 Å². The van der Waals surface area contributed by atoms with Gasteiger partial charge < -0.3 is 15.2 Å². The minimum atomic E-state index is -0.794. The molecule has 0 aromatic heterocycles. The van der Waals surface area contributed by atoms with Gasteiger partial charge in [0.2, 0.25) is 0 Å². The lowest BCUT2D eigenvalue weighted by atomic mass is 10.1. The summed E-state index contributed by atoms with van der Waals surface area (Å²) in [6.07, 6.45) is 0. The lowest BCUT2D eigenvalue weighted by Gasteiger charge is -2.17. The average molecular weight is 300 g/mol. The van der Waals surface area contributed by atoms with Gasteiger partial charge >= 0.3 is 5.97 Å². The van der Waals surface area contributed by atoms with E-state index in [2.05, 4.69) is 5.32 Å².